The number of hydrogen-bond acceptors (Lipinski definition) is 2. The van der Waals surface area contributed by atoms with Crippen molar-refractivity contribution in [2.75, 3.05) is 5.73 Å². The number of aromatic nitrogens is 1. The normalized spacial score (nSPS) is 9.75. The lowest BCUT2D eigenvalue weighted by atomic mass is 10.1. The molecule has 0 unspecified atom stereocenters. The van der Waals surface area contributed by atoms with E-state index >= 15 is 0 Å². The highest BCUT2D eigenvalue weighted by Gasteiger charge is 2.01. The average molecular weight is 216 g/mol. The molecule has 0 radical (unpaired) electrons. The van der Waals surface area contributed by atoms with Gasteiger partial charge in [0, 0.05) is 16.8 Å². The van der Waals surface area contributed by atoms with E-state index in [2.05, 4.69) is 31.0 Å². The molecule has 1 heterocycles. The van der Waals surface area contributed by atoms with E-state index < -0.39 is 0 Å². The van der Waals surface area contributed by atoms with Crippen LogP contribution in [0.15, 0.2) is 24.3 Å². The molecular formula is C14H20N2. The first-order valence-electron chi connectivity index (χ1n) is 5.86. The van der Waals surface area contributed by atoms with Gasteiger partial charge < -0.3 is 5.73 Å². The van der Waals surface area contributed by atoms with Crippen LogP contribution in [0, 0.1) is 6.92 Å². The van der Waals surface area contributed by atoms with Gasteiger partial charge in [-0.3, -0.25) is 4.98 Å². The van der Waals surface area contributed by atoms with Gasteiger partial charge in [-0.15, -0.1) is 0 Å². The first-order chi connectivity index (χ1) is 7.70. The molecule has 1 aromatic heterocycles. The van der Waals surface area contributed by atoms with Crippen molar-refractivity contribution in [2.24, 2.45) is 0 Å². The average Bonchev–Trinajstić information content (AvgIpc) is 2.32. The SMILES string of the molecule is CC.CCc1cc(N)c2cc(C)ccc2n1. The predicted octanol–water partition coefficient (Wildman–Crippen LogP) is 3.71. The van der Waals surface area contributed by atoms with Gasteiger partial charge in [0.1, 0.15) is 0 Å². The quantitative estimate of drug-likeness (QED) is 0.789. The minimum atomic E-state index is 0.829. The number of nitrogens with two attached hydrogens (primary N) is 1. The minimum Gasteiger partial charge on any atom is -0.398 e. The lowest BCUT2D eigenvalue weighted by Gasteiger charge is -2.05. The van der Waals surface area contributed by atoms with Gasteiger partial charge in [-0.1, -0.05) is 32.4 Å². The van der Waals surface area contributed by atoms with Crippen LogP contribution in [0.1, 0.15) is 32.0 Å². The van der Waals surface area contributed by atoms with E-state index in [0.717, 1.165) is 28.7 Å². The summed E-state index contributed by atoms with van der Waals surface area (Å²) in [7, 11) is 0. The second kappa shape index (κ2) is 5.50. The number of benzene rings is 1. The van der Waals surface area contributed by atoms with E-state index in [4.69, 9.17) is 5.73 Å². The third-order valence-electron chi connectivity index (χ3n) is 2.41. The number of nitrogen functional groups attached to an aromatic ring is 1. The molecule has 2 N–H and O–H groups in total. The van der Waals surface area contributed by atoms with Crippen molar-refractivity contribution in [1.82, 2.24) is 4.98 Å². The Kier molecular flexibility index (Phi) is 4.29. The van der Waals surface area contributed by atoms with Crippen molar-refractivity contribution >= 4 is 16.6 Å². The van der Waals surface area contributed by atoms with E-state index in [9.17, 15) is 0 Å². The van der Waals surface area contributed by atoms with Gasteiger partial charge >= 0.3 is 0 Å². The number of pyridine rings is 1. The summed E-state index contributed by atoms with van der Waals surface area (Å²) >= 11 is 0. The van der Waals surface area contributed by atoms with Crippen LogP contribution in [-0.4, -0.2) is 4.98 Å². The maximum absolute atomic E-state index is 5.96. The van der Waals surface area contributed by atoms with Crippen LogP contribution in [0.25, 0.3) is 10.9 Å². The summed E-state index contributed by atoms with van der Waals surface area (Å²) in [5.41, 5.74) is 10.1. The Morgan fingerprint density at radius 3 is 2.50 bits per heavy atom. The topological polar surface area (TPSA) is 38.9 Å². The van der Waals surface area contributed by atoms with Crippen molar-refractivity contribution in [3.8, 4) is 0 Å². The maximum atomic E-state index is 5.96. The first kappa shape index (κ1) is 12.5. The molecule has 0 spiro atoms. The van der Waals surface area contributed by atoms with Crippen molar-refractivity contribution in [1.29, 1.82) is 0 Å². The van der Waals surface area contributed by atoms with Gasteiger partial charge in [0.25, 0.3) is 0 Å². The number of fused-ring (bicyclic) bond motifs is 1. The monoisotopic (exact) mass is 216 g/mol. The Hall–Kier alpha value is -1.57. The van der Waals surface area contributed by atoms with E-state index in [1.54, 1.807) is 0 Å². The molecule has 2 rings (SSSR count). The van der Waals surface area contributed by atoms with Crippen LogP contribution in [0.5, 0.6) is 0 Å². The fraction of sp³-hybridized carbons (Fsp3) is 0.357. The van der Waals surface area contributed by atoms with Crippen LogP contribution >= 0.6 is 0 Å². The van der Waals surface area contributed by atoms with Gasteiger partial charge in [-0.05, 0) is 31.5 Å². The van der Waals surface area contributed by atoms with Crippen molar-refractivity contribution in [2.45, 2.75) is 34.1 Å². The number of hydrogen-bond donors (Lipinski definition) is 1. The smallest absolute Gasteiger partial charge is 0.0726 e. The lowest BCUT2D eigenvalue weighted by Crippen LogP contribution is -1.94. The zero-order chi connectivity index (χ0) is 12.1. The van der Waals surface area contributed by atoms with Crippen LogP contribution < -0.4 is 5.73 Å². The Bertz CT molecular complexity index is 475. The van der Waals surface area contributed by atoms with Crippen LogP contribution in [0.4, 0.5) is 5.69 Å². The second-order valence-electron chi connectivity index (χ2n) is 3.58. The summed E-state index contributed by atoms with van der Waals surface area (Å²) < 4.78 is 0. The second-order valence-corrected chi connectivity index (χ2v) is 3.58. The standard InChI is InChI=1S/C12H14N2.C2H6/c1-3-9-7-11(13)10-6-8(2)4-5-12(10)14-9;1-2/h4-7H,3H2,1-2H3,(H2,13,14);1-2H3. The highest BCUT2D eigenvalue weighted by Crippen LogP contribution is 2.21. The number of rotatable bonds is 1. The lowest BCUT2D eigenvalue weighted by molar-refractivity contribution is 1.06. The molecule has 86 valence electrons. The molecule has 0 saturated carbocycles. The molecule has 16 heavy (non-hydrogen) atoms. The zero-order valence-electron chi connectivity index (χ0n) is 10.5. The van der Waals surface area contributed by atoms with Gasteiger partial charge in [-0.25, -0.2) is 0 Å². The Balaban J connectivity index is 0.000000606. The van der Waals surface area contributed by atoms with Crippen molar-refractivity contribution in [3.05, 3.63) is 35.5 Å². The molecule has 0 amide bonds. The highest BCUT2D eigenvalue weighted by molar-refractivity contribution is 5.90. The van der Waals surface area contributed by atoms with Gasteiger partial charge in [0.05, 0.1) is 5.52 Å². The Labute approximate surface area is 97.5 Å². The van der Waals surface area contributed by atoms with Crippen LogP contribution in [0.3, 0.4) is 0 Å². The summed E-state index contributed by atoms with van der Waals surface area (Å²) in [4.78, 5) is 4.52. The van der Waals surface area contributed by atoms with E-state index in [-0.39, 0.29) is 0 Å². The Morgan fingerprint density at radius 2 is 1.88 bits per heavy atom. The molecule has 2 aromatic rings. The Morgan fingerprint density at radius 1 is 1.19 bits per heavy atom. The van der Waals surface area contributed by atoms with Crippen molar-refractivity contribution < 1.29 is 0 Å². The first-order valence-corrected chi connectivity index (χ1v) is 5.86. The molecule has 0 bridgehead atoms. The summed E-state index contributed by atoms with van der Waals surface area (Å²) in [6.07, 6.45) is 0.925. The molecule has 0 fully saturated rings. The van der Waals surface area contributed by atoms with E-state index in [1.807, 2.05) is 26.0 Å². The molecular weight excluding hydrogens is 196 g/mol. The summed E-state index contributed by atoms with van der Waals surface area (Å²) in [5.74, 6) is 0. The van der Waals surface area contributed by atoms with Crippen LogP contribution in [0.2, 0.25) is 0 Å². The molecule has 0 aliphatic carbocycles. The zero-order valence-corrected chi connectivity index (χ0v) is 10.5. The largest absolute Gasteiger partial charge is 0.398 e. The number of anilines is 1. The molecule has 1 aromatic carbocycles. The fourth-order valence-electron chi connectivity index (χ4n) is 1.60. The molecule has 0 saturated heterocycles. The minimum absolute atomic E-state index is 0.829. The van der Waals surface area contributed by atoms with E-state index in [0.29, 0.717) is 0 Å². The van der Waals surface area contributed by atoms with Gasteiger partial charge in [0.2, 0.25) is 0 Å². The van der Waals surface area contributed by atoms with E-state index in [1.165, 1.54) is 5.56 Å². The highest BCUT2D eigenvalue weighted by atomic mass is 14.7. The molecule has 2 heteroatoms. The molecule has 0 aliphatic heterocycles. The van der Waals surface area contributed by atoms with Crippen LogP contribution in [-0.2, 0) is 6.42 Å². The predicted molar refractivity (Wildman–Crippen MR) is 71.6 cm³/mol. The number of nitrogens with zero attached hydrogens (tertiary/aromatic N) is 1. The van der Waals surface area contributed by atoms with Gasteiger partial charge in [0.15, 0.2) is 0 Å². The summed E-state index contributed by atoms with van der Waals surface area (Å²) in [6, 6.07) is 8.13. The third-order valence-corrected chi connectivity index (χ3v) is 2.41. The molecule has 2 nitrogen and oxygen atoms in total. The fourth-order valence-corrected chi connectivity index (χ4v) is 1.60. The molecule has 0 atom stereocenters. The third kappa shape index (κ3) is 2.51. The molecule has 0 aliphatic rings. The summed E-state index contributed by atoms with van der Waals surface area (Å²) in [5, 5.41) is 1.06. The van der Waals surface area contributed by atoms with Crippen molar-refractivity contribution in [3.63, 3.8) is 0 Å². The number of aryl methyl sites for hydroxylation is 2. The summed E-state index contributed by atoms with van der Waals surface area (Å²) in [6.45, 7) is 8.15. The maximum Gasteiger partial charge on any atom is 0.0726 e. The van der Waals surface area contributed by atoms with Gasteiger partial charge in [-0.2, -0.15) is 0 Å².